The van der Waals surface area contributed by atoms with Crippen molar-refractivity contribution in [2.24, 2.45) is 0 Å². The van der Waals surface area contributed by atoms with E-state index in [2.05, 4.69) is 23.2 Å². The van der Waals surface area contributed by atoms with Gasteiger partial charge in [-0.3, -0.25) is 4.79 Å². The highest BCUT2D eigenvalue weighted by Crippen LogP contribution is 2.37. The van der Waals surface area contributed by atoms with Crippen molar-refractivity contribution in [2.45, 2.75) is 24.3 Å². The maximum Gasteiger partial charge on any atom is 0.227 e. The number of aryl methyl sites for hydroxylation is 1. The minimum atomic E-state index is 0.0535. The van der Waals surface area contributed by atoms with E-state index in [1.165, 1.54) is 28.7 Å². The molecule has 154 valence electrons. The Morgan fingerprint density at radius 1 is 1.23 bits per heavy atom. The number of amides is 1. The molecule has 6 nitrogen and oxygen atoms in total. The Balaban J connectivity index is 1.54. The summed E-state index contributed by atoms with van der Waals surface area (Å²) in [6, 6.07) is 14.1. The van der Waals surface area contributed by atoms with E-state index in [1.54, 1.807) is 0 Å². The molecule has 0 saturated carbocycles. The monoisotopic (exact) mass is 445 g/mol. The third kappa shape index (κ3) is 4.13. The maximum absolute atomic E-state index is 12.9. The molecule has 2 aromatic heterocycles. The molecule has 0 spiro atoms. The van der Waals surface area contributed by atoms with Crippen molar-refractivity contribution >= 4 is 40.5 Å². The zero-order valence-corrected chi connectivity index (χ0v) is 18.3. The lowest BCUT2D eigenvalue weighted by Crippen LogP contribution is -2.35. The molecule has 0 unspecified atom stereocenters. The molecule has 1 aliphatic rings. The summed E-state index contributed by atoms with van der Waals surface area (Å²) in [7, 11) is 0. The van der Waals surface area contributed by atoms with Gasteiger partial charge in [-0.2, -0.15) is 21.9 Å². The Morgan fingerprint density at radius 3 is 2.77 bits per heavy atom. The van der Waals surface area contributed by atoms with E-state index in [-0.39, 0.29) is 17.3 Å². The third-order valence-corrected chi connectivity index (χ3v) is 6.85. The number of fused-ring (bicyclic) bond motifs is 1. The lowest BCUT2D eigenvalue weighted by molar-refractivity contribution is -0.118. The highest BCUT2D eigenvalue weighted by molar-refractivity contribution is 7.99. The normalized spacial score (nSPS) is 12.6. The smallest absolute Gasteiger partial charge is 0.227 e. The van der Waals surface area contributed by atoms with Crippen LogP contribution in [0.25, 0.3) is 11.1 Å². The van der Waals surface area contributed by atoms with Crippen LogP contribution in [0.3, 0.4) is 0 Å². The lowest BCUT2D eigenvalue weighted by Gasteiger charge is -2.29. The van der Waals surface area contributed by atoms with Crippen LogP contribution in [-0.4, -0.2) is 23.2 Å². The van der Waals surface area contributed by atoms with Crippen LogP contribution in [0.2, 0.25) is 0 Å². The second-order valence-electron chi connectivity index (χ2n) is 7.04. The standard InChI is InChI=1S/C23H19N5OS2/c24-12-17-21(16-7-10-30-14-16)18(13-25)23(27-22(17)26)31-11-8-20(29)28-9-3-5-15-4-1-2-6-19(15)28/h1-2,4,6-7,10,14H,3,5,8-9,11H2,(H2,26,27). The fourth-order valence-corrected chi connectivity index (χ4v) is 5.33. The van der Waals surface area contributed by atoms with E-state index in [1.807, 2.05) is 39.9 Å². The molecular formula is C23H19N5OS2. The van der Waals surface area contributed by atoms with Gasteiger partial charge in [0.05, 0.1) is 5.56 Å². The van der Waals surface area contributed by atoms with Gasteiger partial charge >= 0.3 is 0 Å². The largest absolute Gasteiger partial charge is 0.383 e. The number of nitrogens with zero attached hydrogens (tertiary/aromatic N) is 4. The Kier molecular flexibility index (Phi) is 6.22. The van der Waals surface area contributed by atoms with Crippen LogP contribution in [0.1, 0.15) is 29.5 Å². The second-order valence-corrected chi connectivity index (χ2v) is 8.90. The molecule has 1 amide bonds. The highest BCUT2D eigenvalue weighted by atomic mass is 32.2. The predicted molar refractivity (Wildman–Crippen MR) is 124 cm³/mol. The third-order valence-electron chi connectivity index (χ3n) is 5.19. The number of para-hydroxylation sites is 1. The van der Waals surface area contributed by atoms with E-state index in [0.717, 1.165) is 24.1 Å². The number of thiophene rings is 1. The molecule has 1 aromatic carbocycles. The van der Waals surface area contributed by atoms with Crippen LogP contribution in [0, 0.1) is 22.7 Å². The second kappa shape index (κ2) is 9.22. The van der Waals surface area contributed by atoms with E-state index in [0.29, 0.717) is 34.9 Å². The molecule has 3 aromatic rings. The van der Waals surface area contributed by atoms with Crippen LogP contribution >= 0.6 is 23.1 Å². The summed E-state index contributed by atoms with van der Waals surface area (Å²) >= 11 is 2.80. The summed E-state index contributed by atoms with van der Waals surface area (Å²) in [4.78, 5) is 19.0. The number of pyridine rings is 1. The number of nitrogen functional groups attached to an aromatic ring is 1. The fourth-order valence-electron chi connectivity index (χ4n) is 3.76. The molecular weight excluding hydrogens is 426 g/mol. The summed E-state index contributed by atoms with van der Waals surface area (Å²) in [5.41, 5.74) is 10.0. The van der Waals surface area contributed by atoms with Gasteiger partial charge in [-0.05, 0) is 46.9 Å². The minimum Gasteiger partial charge on any atom is -0.383 e. The SMILES string of the molecule is N#Cc1c(N)nc(SCCC(=O)N2CCCc3ccccc32)c(C#N)c1-c1ccsc1. The first-order valence-electron chi connectivity index (χ1n) is 9.81. The van der Waals surface area contributed by atoms with E-state index in [9.17, 15) is 15.3 Å². The van der Waals surface area contributed by atoms with Crippen LogP contribution < -0.4 is 10.6 Å². The zero-order chi connectivity index (χ0) is 21.8. The van der Waals surface area contributed by atoms with Crippen molar-refractivity contribution in [3.63, 3.8) is 0 Å². The number of rotatable bonds is 5. The first-order valence-corrected chi connectivity index (χ1v) is 11.7. The molecule has 0 atom stereocenters. The van der Waals surface area contributed by atoms with Gasteiger partial charge in [0.1, 0.15) is 28.5 Å². The van der Waals surface area contributed by atoms with Crippen molar-refractivity contribution in [3.05, 3.63) is 57.8 Å². The average molecular weight is 446 g/mol. The minimum absolute atomic E-state index is 0.0535. The lowest BCUT2D eigenvalue weighted by atomic mass is 9.99. The summed E-state index contributed by atoms with van der Waals surface area (Å²) < 4.78 is 0. The van der Waals surface area contributed by atoms with Crippen molar-refractivity contribution < 1.29 is 4.79 Å². The highest BCUT2D eigenvalue weighted by Gasteiger charge is 2.23. The molecule has 1 aliphatic heterocycles. The molecule has 0 saturated heterocycles. The van der Waals surface area contributed by atoms with Crippen LogP contribution in [-0.2, 0) is 11.2 Å². The fraction of sp³-hybridized carbons (Fsp3) is 0.217. The molecule has 0 aliphatic carbocycles. The van der Waals surface area contributed by atoms with Gasteiger partial charge in [0.2, 0.25) is 5.91 Å². The van der Waals surface area contributed by atoms with E-state index < -0.39 is 0 Å². The van der Waals surface area contributed by atoms with E-state index in [4.69, 9.17) is 5.73 Å². The van der Waals surface area contributed by atoms with Crippen molar-refractivity contribution in [1.82, 2.24) is 4.98 Å². The average Bonchev–Trinajstić information content (AvgIpc) is 3.32. The zero-order valence-electron chi connectivity index (χ0n) is 16.7. The number of thioether (sulfide) groups is 1. The maximum atomic E-state index is 12.9. The molecule has 3 heterocycles. The van der Waals surface area contributed by atoms with E-state index >= 15 is 0 Å². The van der Waals surface area contributed by atoms with Gasteiger partial charge in [0, 0.05) is 30.0 Å². The van der Waals surface area contributed by atoms with Crippen molar-refractivity contribution in [3.8, 4) is 23.3 Å². The number of benzene rings is 1. The van der Waals surface area contributed by atoms with Gasteiger partial charge in [0.15, 0.2) is 0 Å². The first kappa shape index (κ1) is 20.9. The number of aromatic nitrogens is 1. The Hall–Kier alpha value is -3.33. The van der Waals surface area contributed by atoms with Gasteiger partial charge in [-0.15, -0.1) is 11.8 Å². The van der Waals surface area contributed by atoms with Crippen molar-refractivity contribution in [2.75, 3.05) is 22.9 Å². The Morgan fingerprint density at radius 2 is 2.03 bits per heavy atom. The molecule has 31 heavy (non-hydrogen) atoms. The topological polar surface area (TPSA) is 107 Å². The number of nitrogens with two attached hydrogens (primary N) is 1. The van der Waals surface area contributed by atoms with Crippen LogP contribution in [0.5, 0.6) is 0 Å². The summed E-state index contributed by atoms with van der Waals surface area (Å²) in [5.74, 6) is 0.618. The summed E-state index contributed by atoms with van der Waals surface area (Å²) in [6.07, 6.45) is 2.26. The Labute approximate surface area is 188 Å². The molecule has 0 radical (unpaired) electrons. The van der Waals surface area contributed by atoms with Gasteiger partial charge in [-0.1, -0.05) is 18.2 Å². The molecule has 8 heteroatoms. The first-order chi connectivity index (χ1) is 15.1. The van der Waals surface area contributed by atoms with Crippen molar-refractivity contribution in [1.29, 1.82) is 10.5 Å². The van der Waals surface area contributed by atoms with Gasteiger partial charge < -0.3 is 10.6 Å². The number of carbonyl (C=O) groups is 1. The molecule has 0 fully saturated rings. The number of nitriles is 2. The van der Waals surface area contributed by atoms with Crippen LogP contribution in [0.15, 0.2) is 46.1 Å². The molecule has 0 bridgehead atoms. The predicted octanol–water partition coefficient (Wildman–Crippen LogP) is 4.60. The number of hydrogen-bond acceptors (Lipinski definition) is 7. The number of anilines is 2. The Bertz CT molecular complexity index is 1210. The van der Waals surface area contributed by atoms with Gasteiger partial charge in [0.25, 0.3) is 0 Å². The molecule has 2 N–H and O–H groups in total. The van der Waals surface area contributed by atoms with Crippen LogP contribution in [0.4, 0.5) is 11.5 Å². The summed E-state index contributed by atoms with van der Waals surface area (Å²) in [5, 5.41) is 23.6. The summed E-state index contributed by atoms with van der Waals surface area (Å²) in [6.45, 7) is 0.717. The number of carbonyl (C=O) groups excluding carboxylic acids is 1. The molecule has 4 rings (SSSR count). The quantitative estimate of drug-likeness (QED) is 0.575. The van der Waals surface area contributed by atoms with Gasteiger partial charge in [-0.25, -0.2) is 4.98 Å². The number of hydrogen-bond donors (Lipinski definition) is 1.